The number of ether oxygens (including phenoxy) is 1. The van der Waals surface area contributed by atoms with Crippen molar-refractivity contribution in [3.63, 3.8) is 0 Å². The number of methoxy groups -OCH3 is 1. The van der Waals surface area contributed by atoms with E-state index >= 15 is 0 Å². The maximum absolute atomic E-state index is 12.2. The van der Waals surface area contributed by atoms with Gasteiger partial charge in [-0.05, 0) is 18.2 Å². The normalized spacial score (nSPS) is 17.6. The molecule has 0 saturated carbocycles. The Kier molecular flexibility index (Phi) is 7.01. The minimum absolute atomic E-state index is 0.0125. The summed E-state index contributed by atoms with van der Waals surface area (Å²) in [6.07, 6.45) is 0.259. The predicted octanol–water partition coefficient (Wildman–Crippen LogP) is 1.15. The molecule has 1 fully saturated rings. The number of carbonyl (C=O) groups is 2. The van der Waals surface area contributed by atoms with Gasteiger partial charge in [-0.25, -0.2) is 0 Å². The van der Waals surface area contributed by atoms with E-state index in [9.17, 15) is 9.59 Å². The Morgan fingerprint density at radius 2 is 2.22 bits per heavy atom. The van der Waals surface area contributed by atoms with Gasteiger partial charge in [-0.3, -0.25) is 9.59 Å². The summed E-state index contributed by atoms with van der Waals surface area (Å²) >= 11 is 3.40. The lowest BCUT2D eigenvalue weighted by Gasteiger charge is -2.17. The molecule has 6 nitrogen and oxygen atoms in total. The Morgan fingerprint density at radius 1 is 1.39 bits per heavy atom. The van der Waals surface area contributed by atoms with Crippen molar-refractivity contribution in [2.24, 2.45) is 5.92 Å². The third-order valence-electron chi connectivity index (χ3n) is 3.70. The molecule has 126 valence electrons. The van der Waals surface area contributed by atoms with Crippen LogP contribution < -0.4 is 15.5 Å². The number of hydrogen-bond acceptors (Lipinski definition) is 4. The first-order valence-corrected chi connectivity index (χ1v) is 8.44. The van der Waals surface area contributed by atoms with Crippen LogP contribution >= 0.6 is 15.9 Å². The molecule has 7 heteroatoms. The van der Waals surface area contributed by atoms with Crippen LogP contribution in [0.3, 0.4) is 0 Å². The molecule has 1 saturated heterocycles. The van der Waals surface area contributed by atoms with E-state index in [1.807, 2.05) is 24.3 Å². The van der Waals surface area contributed by atoms with E-state index in [2.05, 4.69) is 26.6 Å². The molecule has 0 aromatic heterocycles. The zero-order chi connectivity index (χ0) is 16.7. The van der Waals surface area contributed by atoms with Crippen LogP contribution in [0.2, 0.25) is 0 Å². The van der Waals surface area contributed by atoms with Crippen LogP contribution in [-0.4, -0.2) is 51.7 Å². The van der Waals surface area contributed by atoms with Crippen molar-refractivity contribution in [3.8, 4) is 0 Å². The molecule has 0 spiro atoms. The minimum Gasteiger partial charge on any atom is -0.383 e. The van der Waals surface area contributed by atoms with E-state index in [1.54, 1.807) is 12.0 Å². The summed E-state index contributed by atoms with van der Waals surface area (Å²) in [7, 11) is 1.65. The Hall–Kier alpha value is -1.44. The fourth-order valence-electron chi connectivity index (χ4n) is 2.49. The summed E-state index contributed by atoms with van der Waals surface area (Å²) in [5, 5.41) is 6.03. The molecule has 1 aliphatic rings. The molecule has 23 heavy (non-hydrogen) atoms. The third-order valence-corrected chi connectivity index (χ3v) is 4.19. The van der Waals surface area contributed by atoms with Crippen molar-refractivity contribution in [2.75, 3.05) is 44.8 Å². The van der Waals surface area contributed by atoms with Crippen molar-refractivity contribution < 1.29 is 14.3 Å². The molecule has 2 amide bonds. The first kappa shape index (κ1) is 17.9. The lowest BCUT2D eigenvalue weighted by atomic mass is 10.1. The predicted molar refractivity (Wildman–Crippen MR) is 92.4 cm³/mol. The van der Waals surface area contributed by atoms with Gasteiger partial charge in [0.2, 0.25) is 11.8 Å². The molecule has 2 N–H and O–H groups in total. The molecule has 1 heterocycles. The van der Waals surface area contributed by atoms with E-state index in [1.165, 1.54) is 0 Å². The molecule has 1 aliphatic heterocycles. The molecule has 1 atom stereocenters. The van der Waals surface area contributed by atoms with Gasteiger partial charge in [0.1, 0.15) is 0 Å². The number of nitrogens with one attached hydrogen (secondary N) is 2. The van der Waals surface area contributed by atoms with Gasteiger partial charge in [-0.1, -0.05) is 22.0 Å². The minimum atomic E-state index is -0.291. The fraction of sp³-hybridized carbons (Fsp3) is 0.500. The van der Waals surface area contributed by atoms with Crippen LogP contribution in [0, 0.1) is 5.92 Å². The van der Waals surface area contributed by atoms with Crippen molar-refractivity contribution >= 4 is 33.4 Å². The van der Waals surface area contributed by atoms with Crippen LogP contribution in [0.5, 0.6) is 0 Å². The summed E-state index contributed by atoms with van der Waals surface area (Å²) < 4.78 is 5.84. The van der Waals surface area contributed by atoms with Gasteiger partial charge in [0.05, 0.1) is 12.5 Å². The van der Waals surface area contributed by atoms with Gasteiger partial charge >= 0.3 is 0 Å². The number of benzene rings is 1. The Labute approximate surface area is 144 Å². The maximum Gasteiger partial charge on any atom is 0.227 e. The quantitative estimate of drug-likeness (QED) is 0.660. The highest BCUT2D eigenvalue weighted by molar-refractivity contribution is 9.10. The second-order valence-electron chi connectivity index (χ2n) is 5.42. The van der Waals surface area contributed by atoms with Crippen LogP contribution in [0.4, 0.5) is 5.69 Å². The summed E-state index contributed by atoms with van der Waals surface area (Å²) in [4.78, 5) is 26.0. The van der Waals surface area contributed by atoms with E-state index in [0.29, 0.717) is 26.2 Å². The third kappa shape index (κ3) is 5.30. The van der Waals surface area contributed by atoms with E-state index in [4.69, 9.17) is 4.74 Å². The highest BCUT2D eigenvalue weighted by Gasteiger charge is 2.34. The van der Waals surface area contributed by atoms with Gasteiger partial charge in [-0.15, -0.1) is 0 Å². The Morgan fingerprint density at radius 3 is 2.96 bits per heavy atom. The Bertz CT molecular complexity index is 553. The summed E-state index contributed by atoms with van der Waals surface area (Å²) in [5.74, 6) is -0.369. The lowest BCUT2D eigenvalue weighted by molar-refractivity contribution is -0.126. The largest absolute Gasteiger partial charge is 0.383 e. The summed E-state index contributed by atoms with van der Waals surface area (Å²) in [6, 6.07) is 7.55. The molecule has 1 aromatic rings. The van der Waals surface area contributed by atoms with E-state index in [-0.39, 0.29) is 24.2 Å². The van der Waals surface area contributed by atoms with Crippen molar-refractivity contribution in [1.29, 1.82) is 0 Å². The maximum atomic E-state index is 12.2. The van der Waals surface area contributed by atoms with Crippen molar-refractivity contribution in [3.05, 3.63) is 28.7 Å². The molecular formula is C16H22BrN3O3. The van der Waals surface area contributed by atoms with Crippen LogP contribution in [0.1, 0.15) is 6.42 Å². The second-order valence-corrected chi connectivity index (χ2v) is 6.33. The molecule has 1 unspecified atom stereocenters. The first-order valence-electron chi connectivity index (χ1n) is 7.65. The number of halogens is 1. The molecule has 1 aromatic carbocycles. The van der Waals surface area contributed by atoms with Gasteiger partial charge in [0.15, 0.2) is 0 Å². The number of anilines is 1. The van der Waals surface area contributed by atoms with Gasteiger partial charge in [0, 0.05) is 49.9 Å². The SMILES string of the molecule is COCCNCCNC(=O)C1CC(=O)N(c2cccc(Br)c2)C1. The molecule has 0 aliphatic carbocycles. The van der Waals surface area contributed by atoms with Gasteiger partial charge in [0.25, 0.3) is 0 Å². The number of nitrogens with zero attached hydrogens (tertiary/aromatic N) is 1. The standard InChI is InChI=1S/C16H22BrN3O3/c1-23-8-7-18-5-6-19-16(22)12-9-15(21)20(11-12)14-4-2-3-13(17)10-14/h2-4,10,12,18H,5-9,11H2,1H3,(H,19,22). The lowest BCUT2D eigenvalue weighted by Crippen LogP contribution is -2.37. The van der Waals surface area contributed by atoms with Gasteiger partial charge < -0.3 is 20.3 Å². The number of amides is 2. The highest BCUT2D eigenvalue weighted by atomic mass is 79.9. The van der Waals surface area contributed by atoms with Crippen LogP contribution in [-0.2, 0) is 14.3 Å². The summed E-state index contributed by atoms with van der Waals surface area (Å²) in [5.41, 5.74) is 0.820. The Balaban J connectivity index is 1.79. The van der Waals surface area contributed by atoms with E-state index in [0.717, 1.165) is 16.7 Å². The number of carbonyl (C=O) groups excluding carboxylic acids is 2. The monoisotopic (exact) mass is 383 g/mol. The van der Waals surface area contributed by atoms with Crippen LogP contribution in [0.15, 0.2) is 28.7 Å². The van der Waals surface area contributed by atoms with Crippen molar-refractivity contribution in [1.82, 2.24) is 10.6 Å². The average molecular weight is 384 g/mol. The summed E-state index contributed by atoms with van der Waals surface area (Å²) in [6.45, 7) is 3.06. The molecule has 0 radical (unpaired) electrons. The van der Waals surface area contributed by atoms with Crippen LogP contribution in [0.25, 0.3) is 0 Å². The smallest absolute Gasteiger partial charge is 0.227 e. The van der Waals surface area contributed by atoms with Crippen molar-refractivity contribution in [2.45, 2.75) is 6.42 Å². The zero-order valence-electron chi connectivity index (χ0n) is 13.2. The molecular weight excluding hydrogens is 362 g/mol. The average Bonchev–Trinajstić information content (AvgIpc) is 2.92. The second kappa shape index (κ2) is 9.00. The number of rotatable bonds is 8. The van der Waals surface area contributed by atoms with Gasteiger partial charge in [-0.2, -0.15) is 0 Å². The van der Waals surface area contributed by atoms with E-state index < -0.39 is 0 Å². The molecule has 2 rings (SSSR count). The number of hydrogen-bond donors (Lipinski definition) is 2. The zero-order valence-corrected chi connectivity index (χ0v) is 14.8. The fourth-order valence-corrected chi connectivity index (χ4v) is 2.88. The molecule has 0 bridgehead atoms. The topological polar surface area (TPSA) is 70.7 Å². The highest BCUT2D eigenvalue weighted by Crippen LogP contribution is 2.27. The first-order chi connectivity index (χ1) is 11.1.